The van der Waals surface area contributed by atoms with Gasteiger partial charge in [-0.2, -0.15) is 0 Å². The lowest BCUT2D eigenvalue weighted by molar-refractivity contribution is -0.0291. The van der Waals surface area contributed by atoms with Gasteiger partial charge in [-0.3, -0.25) is 0 Å². The minimum Gasteiger partial charge on any atom is -0.388 e. The van der Waals surface area contributed by atoms with Crippen LogP contribution in [0.3, 0.4) is 0 Å². The van der Waals surface area contributed by atoms with Crippen molar-refractivity contribution in [3.8, 4) is 0 Å². The van der Waals surface area contributed by atoms with Gasteiger partial charge in [0.05, 0.1) is 5.60 Å². The number of hydrogen-bond donors (Lipinski definition) is 2. The number of benzene rings is 1. The average molecular weight is 250 g/mol. The third-order valence-corrected chi connectivity index (χ3v) is 3.64. The largest absolute Gasteiger partial charge is 0.388 e. The summed E-state index contributed by atoms with van der Waals surface area (Å²) in [6.07, 6.45) is 0.717. The van der Waals surface area contributed by atoms with Gasteiger partial charge in [-0.25, -0.2) is 0 Å². The van der Waals surface area contributed by atoms with Crippen LogP contribution in [0.1, 0.15) is 25.8 Å². The van der Waals surface area contributed by atoms with Crippen molar-refractivity contribution in [3.63, 3.8) is 0 Å². The van der Waals surface area contributed by atoms with E-state index in [9.17, 15) is 5.11 Å². The molecule has 0 saturated carbocycles. The molecule has 0 amide bonds. The van der Waals surface area contributed by atoms with Gasteiger partial charge in [-0.05, 0) is 38.2 Å². The Balaban J connectivity index is 3.05. The maximum absolute atomic E-state index is 11.0. The summed E-state index contributed by atoms with van der Waals surface area (Å²) in [7, 11) is 5.97. The van der Waals surface area contributed by atoms with Crippen LogP contribution in [0.15, 0.2) is 24.3 Å². The molecule has 18 heavy (non-hydrogen) atoms. The molecule has 3 nitrogen and oxygen atoms in total. The molecule has 0 saturated heterocycles. The van der Waals surface area contributed by atoms with Gasteiger partial charge in [0.1, 0.15) is 0 Å². The predicted octanol–water partition coefficient (Wildman–Crippen LogP) is 2.52. The summed E-state index contributed by atoms with van der Waals surface area (Å²) in [5.74, 6) is 0.185. The lowest BCUT2D eigenvalue weighted by Crippen LogP contribution is -2.38. The molecular weight excluding hydrogens is 224 g/mol. The van der Waals surface area contributed by atoms with E-state index in [-0.39, 0.29) is 5.92 Å². The standard InChI is InChI=1S/C15H26N2O/c1-6-15(18,12(2)11-17(4)5)13-8-7-9-14(10-13)16-3/h7-10,12,16,18H,6,11H2,1-5H3/t12-,15+/m0/s1. The highest BCUT2D eigenvalue weighted by molar-refractivity contribution is 5.46. The first-order chi connectivity index (χ1) is 8.43. The van der Waals surface area contributed by atoms with Gasteiger partial charge in [-0.15, -0.1) is 0 Å². The molecule has 1 aromatic carbocycles. The molecule has 0 spiro atoms. The van der Waals surface area contributed by atoms with Crippen LogP contribution in [-0.4, -0.2) is 37.7 Å². The lowest BCUT2D eigenvalue weighted by Gasteiger charge is -2.35. The summed E-state index contributed by atoms with van der Waals surface area (Å²) >= 11 is 0. The van der Waals surface area contributed by atoms with Crippen LogP contribution in [-0.2, 0) is 5.60 Å². The molecule has 0 heterocycles. The zero-order valence-electron chi connectivity index (χ0n) is 12.2. The van der Waals surface area contributed by atoms with Gasteiger partial charge < -0.3 is 15.3 Å². The first-order valence-electron chi connectivity index (χ1n) is 6.59. The van der Waals surface area contributed by atoms with Crippen LogP contribution in [0.4, 0.5) is 5.69 Å². The summed E-state index contributed by atoms with van der Waals surface area (Å²) < 4.78 is 0. The molecule has 0 unspecified atom stereocenters. The van der Waals surface area contributed by atoms with Gasteiger partial charge in [0.25, 0.3) is 0 Å². The Morgan fingerprint density at radius 1 is 1.39 bits per heavy atom. The monoisotopic (exact) mass is 250 g/mol. The van der Waals surface area contributed by atoms with Crippen molar-refractivity contribution in [3.05, 3.63) is 29.8 Å². The van der Waals surface area contributed by atoms with Crippen molar-refractivity contribution in [1.82, 2.24) is 4.90 Å². The smallest absolute Gasteiger partial charge is 0.0932 e. The van der Waals surface area contributed by atoms with E-state index in [1.165, 1.54) is 0 Å². The predicted molar refractivity (Wildman–Crippen MR) is 77.9 cm³/mol. The maximum atomic E-state index is 11.0. The second-order valence-electron chi connectivity index (χ2n) is 5.27. The van der Waals surface area contributed by atoms with Crippen LogP contribution in [0.25, 0.3) is 0 Å². The number of aliphatic hydroxyl groups is 1. The van der Waals surface area contributed by atoms with Crippen molar-refractivity contribution < 1.29 is 5.11 Å². The van der Waals surface area contributed by atoms with Crippen LogP contribution in [0.2, 0.25) is 0 Å². The molecule has 0 bridgehead atoms. The molecule has 1 rings (SSSR count). The maximum Gasteiger partial charge on any atom is 0.0932 e. The van der Waals surface area contributed by atoms with Crippen molar-refractivity contribution >= 4 is 5.69 Å². The first-order valence-corrected chi connectivity index (χ1v) is 6.59. The van der Waals surface area contributed by atoms with E-state index < -0.39 is 5.60 Å². The van der Waals surface area contributed by atoms with Crippen molar-refractivity contribution in [1.29, 1.82) is 0 Å². The molecule has 0 aliphatic carbocycles. The molecule has 0 aliphatic rings. The third kappa shape index (κ3) is 3.24. The molecular formula is C15H26N2O. The van der Waals surface area contributed by atoms with Gasteiger partial charge in [0.2, 0.25) is 0 Å². The molecule has 0 aromatic heterocycles. The zero-order valence-corrected chi connectivity index (χ0v) is 12.2. The highest BCUT2D eigenvalue weighted by atomic mass is 16.3. The molecule has 2 atom stereocenters. The molecule has 102 valence electrons. The molecule has 0 radical (unpaired) electrons. The number of nitrogens with one attached hydrogen (secondary N) is 1. The Bertz CT molecular complexity index is 379. The second-order valence-corrected chi connectivity index (χ2v) is 5.27. The third-order valence-electron chi connectivity index (χ3n) is 3.64. The van der Waals surface area contributed by atoms with E-state index in [0.717, 1.165) is 24.2 Å². The van der Waals surface area contributed by atoms with Crippen LogP contribution >= 0.6 is 0 Å². The van der Waals surface area contributed by atoms with Crippen LogP contribution < -0.4 is 5.32 Å². The quantitative estimate of drug-likeness (QED) is 0.814. The fourth-order valence-electron chi connectivity index (χ4n) is 2.48. The summed E-state index contributed by atoms with van der Waals surface area (Å²) in [5, 5.41) is 14.1. The molecule has 3 heteroatoms. The van der Waals surface area contributed by atoms with E-state index >= 15 is 0 Å². The van der Waals surface area contributed by atoms with Gasteiger partial charge >= 0.3 is 0 Å². The molecule has 0 aliphatic heterocycles. The Morgan fingerprint density at radius 3 is 2.56 bits per heavy atom. The fourth-order valence-corrected chi connectivity index (χ4v) is 2.48. The Labute approximate surface area is 111 Å². The van der Waals surface area contributed by atoms with E-state index in [1.54, 1.807) is 0 Å². The van der Waals surface area contributed by atoms with Crippen molar-refractivity contribution in [2.75, 3.05) is 33.0 Å². The van der Waals surface area contributed by atoms with Gasteiger partial charge in [-0.1, -0.05) is 26.0 Å². The van der Waals surface area contributed by atoms with Gasteiger partial charge in [0.15, 0.2) is 0 Å². The minimum absolute atomic E-state index is 0.185. The average Bonchev–Trinajstić information content (AvgIpc) is 2.37. The Hall–Kier alpha value is -1.06. The Morgan fingerprint density at radius 2 is 2.06 bits per heavy atom. The highest BCUT2D eigenvalue weighted by Gasteiger charge is 2.34. The van der Waals surface area contributed by atoms with E-state index in [1.807, 2.05) is 52.3 Å². The summed E-state index contributed by atoms with van der Waals surface area (Å²) in [6, 6.07) is 8.05. The summed E-state index contributed by atoms with van der Waals surface area (Å²) in [4.78, 5) is 2.12. The van der Waals surface area contributed by atoms with E-state index in [2.05, 4.69) is 17.1 Å². The number of hydrogen-bond acceptors (Lipinski definition) is 3. The number of nitrogens with zero attached hydrogens (tertiary/aromatic N) is 1. The van der Waals surface area contributed by atoms with Gasteiger partial charge in [0, 0.05) is 25.2 Å². The lowest BCUT2D eigenvalue weighted by atomic mass is 9.80. The summed E-state index contributed by atoms with van der Waals surface area (Å²) in [6.45, 7) is 5.02. The van der Waals surface area contributed by atoms with E-state index in [0.29, 0.717) is 0 Å². The van der Waals surface area contributed by atoms with E-state index in [4.69, 9.17) is 0 Å². The number of anilines is 1. The zero-order chi connectivity index (χ0) is 13.8. The molecule has 1 aromatic rings. The highest BCUT2D eigenvalue weighted by Crippen LogP contribution is 2.34. The SMILES string of the molecule is CC[C@](O)(c1cccc(NC)c1)[C@@H](C)CN(C)C. The molecule has 2 N–H and O–H groups in total. The summed E-state index contributed by atoms with van der Waals surface area (Å²) in [5.41, 5.74) is 1.26. The van der Waals surface area contributed by atoms with Crippen molar-refractivity contribution in [2.45, 2.75) is 25.9 Å². The Kier molecular flexibility index (Phi) is 5.17. The first kappa shape index (κ1) is 15.0. The van der Waals surface area contributed by atoms with Crippen LogP contribution in [0.5, 0.6) is 0 Å². The topological polar surface area (TPSA) is 35.5 Å². The number of rotatable bonds is 6. The van der Waals surface area contributed by atoms with Crippen molar-refractivity contribution in [2.24, 2.45) is 5.92 Å². The van der Waals surface area contributed by atoms with Crippen LogP contribution in [0, 0.1) is 5.92 Å². The normalized spacial score (nSPS) is 16.4. The fraction of sp³-hybridized carbons (Fsp3) is 0.600. The second kappa shape index (κ2) is 6.21. The molecule has 0 fully saturated rings. The minimum atomic E-state index is -0.767.